The Balaban J connectivity index is 1.43. The Morgan fingerprint density at radius 3 is 2.35 bits per heavy atom. The number of urea groups is 1. The molecule has 3 nitrogen and oxygen atoms in total. The first kappa shape index (κ1) is 15.9. The number of hydrogen-bond donors (Lipinski definition) is 2. The second-order valence-electron chi connectivity index (χ2n) is 5.79. The van der Waals surface area contributed by atoms with Gasteiger partial charge in [0.2, 0.25) is 0 Å². The van der Waals surface area contributed by atoms with E-state index in [1.54, 1.807) is 11.8 Å². The number of amides is 2. The van der Waals surface area contributed by atoms with Crippen LogP contribution in [0, 0.1) is 5.92 Å². The maximum Gasteiger partial charge on any atom is 0.315 e. The highest BCUT2D eigenvalue weighted by Crippen LogP contribution is 2.40. The monoisotopic (exact) mass is 326 g/mol. The van der Waals surface area contributed by atoms with Crippen LogP contribution in [-0.4, -0.2) is 18.3 Å². The number of thioether (sulfide) groups is 1. The zero-order valence-electron chi connectivity index (χ0n) is 13.1. The highest BCUT2D eigenvalue weighted by Gasteiger charge is 2.33. The number of carbonyl (C=O) groups is 1. The van der Waals surface area contributed by atoms with Gasteiger partial charge in [-0.05, 0) is 36.5 Å². The van der Waals surface area contributed by atoms with Crippen LogP contribution in [0.4, 0.5) is 4.79 Å². The zero-order chi connectivity index (χ0) is 15.9. The molecule has 2 amide bonds. The molecule has 0 saturated heterocycles. The summed E-state index contributed by atoms with van der Waals surface area (Å²) >= 11 is 1.75. The third kappa shape index (κ3) is 5.03. The normalized spacial score (nSPS) is 15.0. The van der Waals surface area contributed by atoms with Crippen LogP contribution in [0.3, 0.4) is 0 Å². The summed E-state index contributed by atoms with van der Waals surface area (Å²) in [5.41, 5.74) is 1.20. The molecule has 120 valence electrons. The smallest absolute Gasteiger partial charge is 0.315 e. The predicted molar refractivity (Wildman–Crippen MR) is 95.6 cm³/mol. The lowest BCUT2D eigenvalue weighted by Gasteiger charge is -2.19. The fourth-order valence-corrected chi connectivity index (χ4v) is 3.40. The van der Waals surface area contributed by atoms with E-state index in [1.165, 1.54) is 23.3 Å². The van der Waals surface area contributed by atoms with E-state index in [1.807, 2.05) is 36.4 Å². The summed E-state index contributed by atoms with van der Waals surface area (Å²) in [5.74, 6) is 1.46. The lowest BCUT2D eigenvalue weighted by Crippen LogP contribution is -2.39. The minimum Gasteiger partial charge on any atom is -0.337 e. The van der Waals surface area contributed by atoms with E-state index in [0.717, 1.165) is 5.75 Å². The summed E-state index contributed by atoms with van der Waals surface area (Å²) in [5, 5.41) is 6.10. The van der Waals surface area contributed by atoms with Crippen LogP contribution in [0.25, 0.3) is 0 Å². The van der Waals surface area contributed by atoms with Gasteiger partial charge >= 0.3 is 6.03 Å². The molecule has 0 radical (unpaired) electrons. The van der Waals surface area contributed by atoms with Crippen molar-refractivity contribution >= 4 is 17.8 Å². The van der Waals surface area contributed by atoms with Gasteiger partial charge in [-0.3, -0.25) is 0 Å². The van der Waals surface area contributed by atoms with Crippen LogP contribution < -0.4 is 10.6 Å². The highest BCUT2D eigenvalue weighted by atomic mass is 32.2. The molecule has 0 spiro atoms. The first-order chi connectivity index (χ1) is 11.3. The Hall–Kier alpha value is -1.94. The summed E-state index contributed by atoms with van der Waals surface area (Å²) in [6.07, 6.45) is 2.40. The van der Waals surface area contributed by atoms with Gasteiger partial charge < -0.3 is 10.6 Å². The topological polar surface area (TPSA) is 41.1 Å². The largest absolute Gasteiger partial charge is 0.337 e. The molecule has 0 bridgehead atoms. The predicted octanol–water partition coefficient (Wildman–Crippen LogP) is 4.23. The van der Waals surface area contributed by atoms with Crippen molar-refractivity contribution in [3.63, 3.8) is 0 Å². The van der Waals surface area contributed by atoms with Crippen LogP contribution >= 0.6 is 11.8 Å². The minimum absolute atomic E-state index is 0.0700. The van der Waals surface area contributed by atoms with E-state index in [4.69, 9.17) is 0 Å². The van der Waals surface area contributed by atoms with Gasteiger partial charge in [-0.15, -0.1) is 11.8 Å². The van der Waals surface area contributed by atoms with E-state index in [9.17, 15) is 4.79 Å². The maximum atomic E-state index is 12.1. The standard InChI is InChI=1S/C19H22N2OS/c22-19(20-13-14-23-17-9-5-2-6-10-17)21-18(16-11-12-16)15-7-3-1-4-8-15/h1-10,16,18H,11-14H2,(H2,20,21,22). The Kier molecular flexibility index (Phi) is 5.59. The summed E-state index contributed by atoms with van der Waals surface area (Å²) < 4.78 is 0. The van der Waals surface area contributed by atoms with Crippen molar-refractivity contribution in [2.24, 2.45) is 5.92 Å². The van der Waals surface area contributed by atoms with Crippen molar-refractivity contribution in [1.29, 1.82) is 0 Å². The maximum absolute atomic E-state index is 12.1. The van der Waals surface area contributed by atoms with Gasteiger partial charge in [0.15, 0.2) is 0 Å². The number of carbonyl (C=O) groups excluding carboxylic acids is 1. The summed E-state index contributed by atoms with van der Waals surface area (Å²) in [4.78, 5) is 13.4. The average Bonchev–Trinajstić information content (AvgIpc) is 3.43. The van der Waals surface area contributed by atoms with Gasteiger partial charge in [-0.25, -0.2) is 4.79 Å². The molecule has 3 rings (SSSR count). The molecule has 0 aromatic heterocycles. The molecule has 2 N–H and O–H groups in total. The fourth-order valence-electron chi connectivity index (χ4n) is 2.61. The summed E-state index contributed by atoms with van der Waals surface area (Å²) in [7, 11) is 0. The Labute approximate surface area is 141 Å². The Morgan fingerprint density at radius 2 is 1.70 bits per heavy atom. The molecule has 1 aliphatic rings. The Morgan fingerprint density at radius 1 is 1.04 bits per heavy atom. The first-order valence-corrected chi connectivity index (χ1v) is 9.08. The summed E-state index contributed by atoms with van der Waals surface area (Å²) in [6.45, 7) is 0.664. The quantitative estimate of drug-likeness (QED) is 0.590. The molecular weight excluding hydrogens is 304 g/mol. The second-order valence-corrected chi connectivity index (χ2v) is 6.96. The van der Waals surface area contributed by atoms with E-state index in [-0.39, 0.29) is 12.1 Å². The molecule has 2 aromatic carbocycles. The second kappa shape index (κ2) is 8.06. The van der Waals surface area contributed by atoms with Gasteiger partial charge in [0.05, 0.1) is 6.04 Å². The van der Waals surface area contributed by atoms with E-state index in [0.29, 0.717) is 12.5 Å². The van der Waals surface area contributed by atoms with E-state index in [2.05, 4.69) is 34.9 Å². The van der Waals surface area contributed by atoms with Gasteiger partial charge in [0, 0.05) is 17.2 Å². The van der Waals surface area contributed by atoms with Gasteiger partial charge in [0.25, 0.3) is 0 Å². The van der Waals surface area contributed by atoms with Crippen molar-refractivity contribution in [2.75, 3.05) is 12.3 Å². The van der Waals surface area contributed by atoms with Crippen LogP contribution in [0.5, 0.6) is 0 Å². The molecule has 4 heteroatoms. The van der Waals surface area contributed by atoms with E-state index >= 15 is 0 Å². The number of nitrogens with one attached hydrogen (secondary N) is 2. The molecule has 1 fully saturated rings. The van der Waals surface area contributed by atoms with Crippen molar-refractivity contribution in [1.82, 2.24) is 10.6 Å². The van der Waals surface area contributed by atoms with Crippen molar-refractivity contribution < 1.29 is 4.79 Å². The molecule has 1 atom stereocenters. The van der Waals surface area contributed by atoms with Crippen LogP contribution in [0.2, 0.25) is 0 Å². The van der Waals surface area contributed by atoms with Crippen LogP contribution in [0.1, 0.15) is 24.4 Å². The van der Waals surface area contributed by atoms with Gasteiger partial charge in [-0.2, -0.15) is 0 Å². The molecule has 1 saturated carbocycles. The molecule has 0 aliphatic heterocycles. The first-order valence-electron chi connectivity index (χ1n) is 8.10. The third-order valence-electron chi connectivity index (χ3n) is 3.94. The highest BCUT2D eigenvalue weighted by molar-refractivity contribution is 7.99. The van der Waals surface area contributed by atoms with Crippen LogP contribution in [-0.2, 0) is 0 Å². The van der Waals surface area contributed by atoms with Crippen molar-refractivity contribution in [2.45, 2.75) is 23.8 Å². The average molecular weight is 326 g/mol. The molecule has 1 unspecified atom stereocenters. The van der Waals surface area contributed by atoms with Gasteiger partial charge in [-0.1, -0.05) is 48.5 Å². The number of benzene rings is 2. The Bertz CT molecular complexity index is 614. The van der Waals surface area contributed by atoms with Crippen molar-refractivity contribution in [3.8, 4) is 0 Å². The SMILES string of the molecule is O=C(NCCSc1ccccc1)NC(c1ccccc1)C1CC1. The molecule has 1 aliphatic carbocycles. The molecular formula is C19H22N2OS. The molecule has 0 heterocycles. The lowest BCUT2D eigenvalue weighted by molar-refractivity contribution is 0.236. The molecule has 2 aromatic rings. The number of rotatable bonds is 7. The van der Waals surface area contributed by atoms with Crippen LogP contribution in [0.15, 0.2) is 65.6 Å². The van der Waals surface area contributed by atoms with Crippen molar-refractivity contribution in [3.05, 3.63) is 66.2 Å². The number of hydrogen-bond acceptors (Lipinski definition) is 2. The summed E-state index contributed by atoms with van der Waals surface area (Å²) in [6, 6.07) is 20.6. The van der Waals surface area contributed by atoms with Gasteiger partial charge in [0.1, 0.15) is 0 Å². The minimum atomic E-state index is -0.0700. The third-order valence-corrected chi connectivity index (χ3v) is 4.95. The van der Waals surface area contributed by atoms with E-state index < -0.39 is 0 Å². The lowest BCUT2D eigenvalue weighted by atomic mass is 10.0. The molecule has 23 heavy (non-hydrogen) atoms. The fraction of sp³-hybridized carbons (Fsp3) is 0.316. The zero-order valence-corrected chi connectivity index (χ0v) is 13.9.